The Labute approximate surface area is 144 Å². The fourth-order valence-corrected chi connectivity index (χ4v) is 1.83. The van der Waals surface area contributed by atoms with Crippen molar-refractivity contribution in [2.75, 3.05) is 11.9 Å². The van der Waals surface area contributed by atoms with E-state index in [0.29, 0.717) is 23.7 Å². The molecule has 0 aliphatic rings. The van der Waals surface area contributed by atoms with Gasteiger partial charge in [-0.3, -0.25) is 15.4 Å². The maximum absolute atomic E-state index is 11.5. The minimum atomic E-state index is -0.492. The first-order chi connectivity index (χ1) is 12.1. The maximum atomic E-state index is 11.5. The van der Waals surface area contributed by atoms with Crippen LogP contribution in [0.15, 0.2) is 58.8 Å². The van der Waals surface area contributed by atoms with E-state index in [9.17, 15) is 14.9 Å². The molecule has 0 radical (unpaired) electrons. The summed E-state index contributed by atoms with van der Waals surface area (Å²) >= 11 is 0. The lowest BCUT2D eigenvalue weighted by Gasteiger charge is -2.06. The molecular weight excluding hydrogens is 324 g/mol. The smallest absolute Gasteiger partial charge is 0.411 e. The number of hydrogen-bond acceptors (Lipinski definition) is 6. The van der Waals surface area contributed by atoms with Crippen LogP contribution in [0.5, 0.6) is 0 Å². The number of nitro groups is 1. The number of ether oxygens (including phenoxy) is 1. The Morgan fingerprint density at radius 2 is 1.64 bits per heavy atom. The predicted molar refractivity (Wildman–Crippen MR) is 93.6 cm³/mol. The average molecular weight is 342 g/mol. The topological polar surface area (TPSA) is 106 Å². The van der Waals surface area contributed by atoms with Gasteiger partial charge in [0.25, 0.3) is 5.69 Å². The Balaban J connectivity index is 1.91. The van der Waals surface area contributed by atoms with Crippen molar-refractivity contribution in [1.29, 1.82) is 0 Å². The maximum Gasteiger partial charge on any atom is 0.411 e. The number of amides is 1. The van der Waals surface area contributed by atoms with Crippen molar-refractivity contribution in [3.05, 3.63) is 58.6 Å². The van der Waals surface area contributed by atoms with E-state index in [4.69, 9.17) is 4.74 Å². The van der Waals surface area contributed by atoms with Gasteiger partial charge in [0.1, 0.15) is 0 Å². The fraction of sp³-hybridized carbons (Fsp3) is 0.235. The molecule has 8 heteroatoms. The molecule has 130 valence electrons. The van der Waals surface area contributed by atoms with E-state index >= 15 is 0 Å². The number of non-ortho nitro benzene ring substituents is 1. The Kier molecular flexibility index (Phi) is 6.58. The zero-order chi connectivity index (χ0) is 18.1. The minimum Gasteiger partial charge on any atom is -0.449 e. The number of carbonyl (C=O) groups excluding carboxylic acids is 1. The second-order valence-corrected chi connectivity index (χ2v) is 5.13. The molecule has 0 saturated heterocycles. The molecule has 0 aliphatic heterocycles. The van der Waals surface area contributed by atoms with Crippen LogP contribution in [0.1, 0.15) is 19.8 Å². The van der Waals surface area contributed by atoms with Crippen LogP contribution in [0.25, 0.3) is 0 Å². The second-order valence-electron chi connectivity index (χ2n) is 5.13. The summed E-state index contributed by atoms with van der Waals surface area (Å²) in [6, 6.07) is 12.5. The zero-order valence-corrected chi connectivity index (χ0v) is 13.7. The summed E-state index contributed by atoms with van der Waals surface area (Å²) in [5, 5.41) is 21.3. The number of anilines is 1. The largest absolute Gasteiger partial charge is 0.449 e. The molecule has 0 atom stereocenters. The Bertz CT molecular complexity index is 742. The van der Waals surface area contributed by atoms with Crippen molar-refractivity contribution >= 4 is 28.8 Å². The van der Waals surface area contributed by atoms with Crippen LogP contribution in [0.4, 0.5) is 27.5 Å². The molecule has 0 heterocycles. The van der Waals surface area contributed by atoms with Gasteiger partial charge in [-0.1, -0.05) is 13.3 Å². The lowest BCUT2D eigenvalue weighted by Crippen LogP contribution is -2.14. The van der Waals surface area contributed by atoms with Crippen LogP contribution in [-0.2, 0) is 4.74 Å². The molecule has 2 aromatic rings. The van der Waals surface area contributed by atoms with Gasteiger partial charge in [0.05, 0.1) is 22.9 Å². The summed E-state index contributed by atoms with van der Waals surface area (Å²) in [6.07, 6.45) is 1.30. The van der Waals surface area contributed by atoms with Gasteiger partial charge in [0, 0.05) is 17.8 Å². The minimum absolute atomic E-state index is 0.000185. The average Bonchev–Trinajstić information content (AvgIpc) is 2.62. The molecule has 0 fully saturated rings. The number of unbranched alkanes of at least 4 members (excludes halogenated alkanes) is 1. The van der Waals surface area contributed by atoms with Crippen molar-refractivity contribution in [1.82, 2.24) is 0 Å². The number of nitro benzene ring substituents is 1. The van der Waals surface area contributed by atoms with Crippen LogP contribution in [-0.4, -0.2) is 17.6 Å². The number of rotatable bonds is 7. The van der Waals surface area contributed by atoms with Crippen LogP contribution >= 0.6 is 0 Å². The third kappa shape index (κ3) is 6.02. The summed E-state index contributed by atoms with van der Waals surface area (Å²) < 4.78 is 5.01. The lowest BCUT2D eigenvalue weighted by molar-refractivity contribution is -0.384. The van der Waals surface area contributed by atoms with Gasteiger partial charge in [0.2, 0.25) is 0 Å². The van der Waals surface area contributed by atoms with Gasteiger partial charge in [-0.2, -0.15) is 10.2 Å². The molecule has 0 aromatic heterocycles. The van der Waals surface area contributed by atoms with E-state index in [1.54, 1.807) is 24.3 Å². The molecule has 2 rings (SSSR count). The SMILES string of the molecule is CCCCOC(=O)Nc1ccc(N=Nc2ccc([N+](=O)[O-])cc2)cc1. The van der Waals surface area contributed by atoms with E-state index < -0.39 is 11.0 Å². The van der Waals surface area contributed by atoms with Crippen molar-refractivity contribution in [3.8, 4) is 0 Å². The molecule has 0 aliphatic carbocycles. The first-order valence-corrected chi connectivity index (χ1v) is 7.78. The molecule has 0 bridgehead atoms. The van der Waals surface area contributed by atoms with Gasteiger partial charge >= 0.3 is 6.09 Å². The molecule has 8 nitrogen and oxygen atoms in total. The summed E-state index contributed by atoms with van der Waals surface area (Å²) in [7, 11) is 0. The van der Waals surface area contributed by atoms with E-state index in [1.165, 1.54) is 24.3 Å². The van der Waals surface area contributed by atoms with Crippen molar-refractivity contribution in [3.63, 3.8) is 0 Å². The molecule has 1 N–H and O–H groups in total. The van der Waals surface area contributed by atoms with Crippen LogP contribution < -0.4 is 5.32 Å². The Hall–Kier alpha value is -3.29. The van der Waals surface area contributed by atoms with E-state index in [1.807, 2.05) is 6.92 Å². The number of carbonyl (C=O) groups is 1. The summed E-state index contributed by atoms with van der Waals surface area (Å²) in [5.41, 5.74) is 1.69. The quantitative estimate of drug-likeness (QED) is 0.316. The molecule has 0 saturated carbocycles. The molecule has 25 heavy (non-hydrogen) atoms. The van der Waals surface area contributed by atoms with Gasteiger partial charge in [-0.15, -0.1) is 0 Å². The third-order valence-electron chi connectivity index (χ3n) is 3.19. The number of hydrogen-bond donors (Lipinski definition) is 1. The number of nitrogens with zero attached hydrogens (tertiary/aromatic N) is 3. The van der Waals surface area contributed by atoms with Crippen LogP contribution in [0, 0.1) is 10.1 Å². The van der Waals surface area contributed by atoms with Gasteiger partial charge in [0.15, 0.2) is 0 Å². The summed E-state index contributed by atoms with van der Waals surface area (Å²) in [6.45, 7) is 2.41. The van der Waals surface area contributed by atoms with Crippen LogP contribution in [0.2, 0.25) is 0 Å². The van der Waals surface area contributed by atoms with Gasteiger partial charge in [-0.25, -0.2) is 4.79 Å². The van der Waals surface area contributed by atoms with E-state index in [-0.39, 0.29) is 5.69 Å². The molecule has 1 amide bonds. The highest BCUT2D eigenvalue weighted by molar-refractivity contribution is 5.84. The lowest BCUT2D eigenvalue weighted by atomic mass is 10.3. The van der Waals surface area contributed by atoms with Crippen molar-refractivity contribution < 1.29 is 14.5 Å². The van der Waals surface area contributed by atoms with Crippen LogP contribution in [0.3, 0.4) is 0 Å². The van der Waals surface area contributed by atoms with E-state index in [2.05, 4.69) is 15.5 Å². The first-order valence-electron chi connectivity index (χ1n) is 7.78. The normalized spacial score (nSPS) is 10.6. The highest BCUT2D eigenvalue weighted by Crippen LogP contribution is 2.22. The van der Waals surface area contributed by atoms with Crippen molar-refractivity contribution in [2.45, 2.75) is 19.8 Å². The van der Waals surface area contributed by atoms with Gasteiger partial charge in [-0.05, 0) is 42.8 Å². The zero-order valence-electron chi connectivity index (χ0n) is 13.7. The number of nitrogens with one attached hydrogen (secondary N) is 1. The highest BCUT2D eigenvalue weighted by Gasteiger charge is 2.04. The highest BCUT2D eigenvalue weighted by atomic mass is 16.6. The number of benzene rings is 2. The second kappa shape index (κ2) is 9.11. The predicted octanol–water partition coefficient (Wildman–Crippen LogP) is 5.36. The standard InChI is InChI=1S/C17H18N4O4/c1-2-3-12-25-17(22)18-13-4-6-14(7-5-13)19-20-15-8-10-16(11-9-15)21(23)24/h4-11H,2-3,12H2,1H3,(H,18,22). The Morgan fingerprint density at radius 1 is 1.08 bits per heavy atom. The molecule has 0 spiro atoms. The van der Waals surface area contributed by atoms with Crippen molar-refractivity contribution in [2.24, 2.45) is 10.2 Å². The monoisotopic (exact) mass is 342 g/mol. The molecule has 0 unspecified atom stereocenters. The van der Waals surface area contributed by atoms with Gasteiger partial charge < -0.3 is 4.74 Å². The summed E-state index contributed by atoms with van der Waals surface area (Å²) in [4.78, 5) is 21.6. The first kappa shape index (κ1) is 18.1. The Morgan fingerprint density at radius 3 is 2.16 bits per heavy atom. The number of azo groups is 1. The fourth-order valence-electron chi connectivity index (χ4n) is 1.83. The summed E-state index contributed by atoms with van der Waals surface area (Å²) in [5.74, 6) is 0. The molecule has 2 aromatic carbocycles. The molecular formula is C17H18N4O4. The van der Waals surface area contributed by atoms with E-state index in [0.717, 1.165) is 12.8 Å². The third-order valence-corrected chi connectivity index (χ3v) is 3.19.